The first-order chi connectivity index (χ1) is 10.2. The highest BCUT2D eigenvalue weighted by Crippen LogP contribution is 2.41. The molecular formula is C16H21N3O2. The van der Waals surface area contributed by atoms with Gasteiger partial charge in [-0.3, -0.25) is 4.68 Å². The molecule has 2 heterocycles. The lowest BCUT2D eigenvalue weighted by molar-refractivity contribution is 0.160. The van der Waals surface area contributed by atoms with Crippen molar-refractivity contribution in [2.75, 3.05) is 7.11 Å². The Hall–Kier alpha value is -2.01. The van der Waals surface area contributed by atoms with Crippen molar-refractivity contribution in [2.24, 2.45) is 5.73 Å². The van der Waals surface area contributed by atoms with Gasteiger partial charge in [-0.05, 0) is 12.5 Å². The monoisotopic (exact) mass is 287 g/mol. The number of rotatable bonds is 4. The molecule has 1 aliphatic rings. The second kappa shape index (κ2) is 5.77. The van der Waals surface area contributed by atoms with Crippen LogP contribution in [-0.4, -0.2) is 16.9 Å². The molecule has 0 fully saturated rings. The summed E-state index contributed by atoms with van der Waals surface area (Å²) >= 11 is 0. The summed E-state index contributed by atoms with van der Waals surface area (Å²) in [5.41, 5.74) is 8.39. The molecule has 1 aromatic heterocycles. The Morgan fingerprint density at radius 1 is 1.48 bits per heavy atom. The molecule has 0 amide bonds. The van der Waals surface area contributed by atoms with Gasteiger partial charge in [0.1, 0.15) is 17.6 Å². The summed E-state index contributed by atoms with van der Waals surface area (Å²) in [6, 6.07) is 5.77. The number of benzene rings is 1. The van der Waals surface area contributed by atoms with Gasteiger partial charge in [0.05, 0.1) is 13.3 Å². The summed E-state index contributed by atoms with van der Waals surface area (Å²) in [5.74, 6) is 1.59. The number of aromatic nitrogens is 2. The second-order valence-corrected chi connectivity index (χ2v) is 5.39. The van der Waals surface area contributed by atoms with E-state index in [1.54, 1.807) is 7.11 Å². The fourth-order valence-electron chi connectivity index (χ4n) is 2.71. The molecule has 5 heteroatoms. The van der Waals surface area contributed by atoms with Gasteiger partial charge in [-0.15, -0.1) is 0 Å². The summed E-state index contributed by atoms with van der Waals surface area (Å²) < 4.78 is 13.3. The molecule has 1 aromatic carbocycles. The Balaban J connectivity index is 1.85. The van der Waals surface area contributed by atoms with Gasteiger partial charge in [0, 0.05) is 42.4 Å². The Labute approximate surface area is 124 Å². The fraction of sp³-hybridized carbons (Fsp3) is 0.438. The Morgan fingerprint density at radius 2 is 2.33 bits per heavy atom. The van der Waals surface area contributed by atoms with Crippen molar-refractivity contribution in [3.8, 4) is 11.5 Å². The molecule has 0 radical (unpaired) electrons. The largest absolute Gasteiger partial charge is 0.497 e. The van der Waals surface area contributed by atoms with Gasteiger partial charge in [0.2, 0.25) is 0 Å². The Kier molecular flexibility index (Phi) is 3.84. The van der Waals surface area contributed by atoms with Crippen LogP contribution >= 0.6 is 0 Å². The van der Waals surface area contributed by atoms with Crippen LogP contribution in [0.25, 0.3) is 0 Å². The molecule has 0 saturated heterocycles. The van der Waals surface area contributed by atoms with E-state index in [4.69, 9.17) is 15.2 Å². The van der Waals surface area contributed by atoms with E-state index in [-0.39, 0.29) is 12.1 Å². The maximum Gasteiger partial charge on any atom is 0.129 e. The van der Waals surface area contributed by atoms with Crippen LogP contribution in [0.4, 0.5) is 0 Å². The van der Waals surface area contributed by atoms with Crippen LogP contribution in [0.15, 0.2) is 30.6 Å². The van der Waals surface area contributed by atoms with Crippen LogP contribution in [0, 0.1) is 0 Å². The molecule has 0 bridgehead atoms. The highest BCUT2D eigenvalue weighted by atomic mass is 16.5. The predicted molar refractivity (Wildman–Crippen MR) is 80.4 cm³/mol. The molecule has 1 aliphatic heterocycles. The molecule has 3 rings (SSSR count). The molecule has 21 heavy (non-hydrogen) atoms. The van der Waals surface area contributed by atoms with E-state index < -0.39 is 0 Å². The highest BCUT2D eigenvalue weighted by molar-refractivity contribution is 5.44. The van der Waals surface area contributed by atoms with Gasteiger partial charge in [-0.2, -0.15) is 5.10 Å². The summed E-state index contributed by atoms with van der Waals surface area (Å²) in [4.78, 5) is 0. The lowest BCUT2D eigenvalue weighted by atomic mass is 9.95. The number of fused-ring (bicyclic) bond motifs is 1. The molecule has 2 atom stereocenters. The Morgan fingerprint density at radius 3 is 3.10 bits per heavy atom. The van der Waals surface area contributed by atoms with Crippen LogP contribution in [0.3, 0.4) is 0 Å². The quantitative estimate of drug-likeness (QED) is 0.939. The summed E-state index contributed by atoms with van der Waals surface area (Å²) in [6.07, 6.45) is 5.69. The summed E-state index contributed by atoms with van der Waals surface area (Å²) in [5, 5.41) is 4.37. The SMILES string of the molecule is CCCn1cc(C2C[C@@H](N)c3ccc(OC)cc3O2)cn1. The lowest BCUT2D eigenvalue weighted by Gasteiger charge is -2.30. The smallest absolute Gasteiger partial charge is 0.129 e. The van der Waals surface area contributed by atoms with Gasteiger partial charge in [-0.25, -0.2) is 0 Å². The first-order valence-electron chi connectivity index (χ1n) is 7.33. The van der Waals surface area contributed by atoms with Gasteiger partial charge in [-0.1, -0.05) is 13.0 Å². The third-order valence-corrected chi connectivity index (χ3v) is 3.84. The maximum atomic E-state index is 6.28. The van der Waals surface area contributed by atoms with Crippen LogP contribution in [-0.2, 0) is 6.54 Å². The van der Waals surface area contributed by atoms with Gasteiger partial charge >= 0.3 is 0 Å². The minimum Gasteiger partial charge on any atom is -0.497 e. The van der Waals surface area contributed by atoms with Crippen molar-refractivity contribution >= 4 is 0 Å². The van der Waals surface area contributed by atoms with Crippen molar-refractivity contribution in [3.63, 3.8) is 0 Å². The zero-order valence-electron chi connectivity index (χ0n) is 12.5. The molecule has 1 unspecified atom stereocenters. The van der Waals surface area contributed by atoms with E-state index in [1.807, 2.05) is 35.3 Å². The van der Waals surface area contributed by atoms with Crippen molar-refractivity contribution in [2.45, 2.75) is 38.5 Å². The average Bonchev–Trinajstić information content (AvgIpc) is 2.95. The lowest BCUT2D eigenvalue weighted by Crippen LogP contribution is -2.23. The van der Waals surface area contributed by atoms with Gasteiger partial charge in [0.15, 0.2) is 0 Å². The zero-order chi connectivity index (χ0) is 14.8. The van der Waals surface area contributed by atoms with E-state index in [0.717, 1.165) is 42.0 Å². The number of hydrogen-bond acceptors (Lipinski definition) is 4. The fourth-order valence-corrected chi connectivity index (χ4v) is 2.71. The molecule has 2 aromatic rings. The van der Waals surface area contributed by atoms with Crippen molar-refractivity contribution in [3.05, 3.63) is 41.7 Å². The van der Waals surface area contributed by atoms with Gasteiger partial charge < -0.3 is 15.2 Å². The summed E-state index contributed by atoms with van der Waals surface area (Å²) in [6.45, 7) is 3.06. The molecule has 0 aliphatic carbocycles. The predicted octanol–water partition coefficient (Wildman–Crippen LogP) is 2.83. The molecule has 2 N–H and O–H groups in total. The van der Waals surface area contributed by atoms with Crippen LogP contribution in [0.2, 0.25) is 0 Å². The number of hydrogen-bond donors (Lipinski definition) is 1. The molecule has 112 valence electrons. The third-order valence-electron chi connectivity index (χ3n) is 3.84. The highest BCUT2D eigenvalue weighted by Gasteiger charge is 2.28. The van der Waals surface area contributed by atoms with Crippen molar-refractivity contribution < 1.29 is 9.47 Å². The number of aryl methyl sites for hydroxylation is 1. The van der Waals surface area contributed by atoms with Crippen LogP contribution < -0.4 is 15.2 Å². The van der Waals surface area contributed by atoms with Crippen molar-refractivity contribution in [1.29, 1.82) is 0 Å². The van der Waals surface area contributed by atoms with E-state index >= 15 is 0 Å². The number of nitrogens with zero attached hydrogens (tertiary/aromatic N) is 2. The first kappa shape index (κ1) is 13.9. The number of nitrogens with two attached hydrogens (primary N) is 1. The minimum atomic E-state index is -0.0507. The van der Waals surface area contributed by atoms with Crippen LogP contribution in [0.1, 0.15) is 43.0 Å². The minimum absolute atomic E-state index is 0.0285. The normalized spacial score (nSPS) is 20.7. The van der Waals surface area contributed by atoms with E-state index in [0.29, 0.717) is 0 Å². The third kappa shape index (κ3) is 2.74. The average molecular weight is 287 g/mol. The zero-order valence-corrected chi connectivity index (χ0v) is 12.5. The van der Waals surface area contributed by atoms with Gasteiger partial charge in [0.25, 0.3) is 0 Å². The van der Waals surface area contributed by atoms with E-state index in [2.05, 4.69) is 12.0 Å². The standard InChI is InChI=1S/C16H21N3O2/c1-3-6-19-10-11(9-18-19)15-8-14(17)13-5-4-12(20-2)7-16(13)21-15/h4-5,7,9-10,14-15H,3,6,8,17H2,1-2H3/t14-,15?/m1/s1. The molecule has 0 saturated carbocycles. The molecule has 5 nitrogen and oxygen atoms in total. The molecular weight excluding hydrogens is 266 g/mol. The van der Waals surface area contributed by atoms with E-state index in [1.165, 1.54) is 0 Å². The number of methoxy groups -OCH3 is 1. The van der Waals surface area contributed by atoms with E-state index in [9.17, 15) is 0 Å². The summed E-state index contributed by atoms with van der Waals surface area (Å²) in [7, 11) is 1.65. The van der Waals surface area contributed by atoms with Crippen molar-refractivity contribution in [1.82, 2.24) is 9.78 Å². The topological polar surface area (TPSA) is 62.3 Å². The second-order valence-electron chi connectivity index (χ2n) is 5.39. The maximum absolute atomic E-state index is 6.28. The number of ether oxygens (including phenoxy) is 2. The Bertz CT molecular complexity index is 624. The molecule has 0 spiro atoms. The first-order valence-corrected chi connectivity index (χ1v) is 7.33. The van der Waals surface area contributed by atoms with Crippen LogP contribution in [0.5, 0.6) is 11.5 Å².